The smallest absolute Gasteiger partial charge is 0.222 e. The van der Waals surface area contributed by atoms with Crippen molar-refractivity contribution in [3.8, 4) is 0 Å². The zero-order valence-electron chi connectivity index (χ0n) is 10.6. The quantitative estimate of drug-likeness (QED) is 0.898. The monoisotopic (exact) mass is 310 g/mol. The van der Waals surface area contributed by atoms with Gasteiger partial charge in [-0.25, -0.2) is 0 Å². The summed E-state index contributed by atoms with van der Waals surface area (Å²) in [5, 5.41) is 3.16. The summed E-state index contributed by atoms with van der Waals surface area (Å²) in [4.78, 5) is 11.9. The molecule has 1 fully saturated rings. The predicted octanol–water partition coefficient (Wildman–Crippen LogP) is 2.68. The molecule has 4 heteroatoms. The van der Waals surface area contributed by atoms with Crippen molar-refractivity contribution in [2.24, 2.45) is 5.73 Å². The lowest BCUT2D eigenvalue weighted by atomic mass is 9.71. The molecule has 0 aliphatic heterocycles. The van der Waals surface area contributed by atoms with Crippen LogP contribution < -0.4 is 11.1 Å². The first kappa shape index (κ1) is 13.6. The fourth-order valence-electron chi connectivity index (χ4n) is 2.41. The molecule has 3 nitrogen and oxygen atoms in total. The number of benzene rings is 1. The van der Waals surface area contributed by atoms with Gasteiger partial charge in [0.2, 0.25) is 5.91 Å². The number of amides is 1. The van der Waals surface area contributed by atoms with E-state index in [4.69, 9.17) is 5.73 Å². The zero-order chi connectivity index (χ0) is 13.2. The third-order valence-corrected chi connectivity index (χ3v) is 3.96. The molecular weight excluding hydrogens is 292 g/mol. The maximum atomic E-state index is 11.9. The Hall–Kier alpha value is -0.870. The van der Waals surface area contributed by atoms with Crippen LogP contribution in [0.15, 0.2) is 28.7 Å². The highest BCUT2D eigenvalue weighted by atomic mass is 79.9. The van der Waals surface area contributed by atoms with Crippen molar-refractivity contribution in [1.29, 1.82) is 0 Å². The second kappa shape index (κ2) is 5.41. The standard InChI is InChI=1S/C14H19BrN2O/c1-10(16)8-13(18)17-14(6-3-7-14)11-4-2-5-12(15)9-11/h2,4-5,9-10H,3,6-8,16H2,1H3,(H,17,18). The van der Waals surface area contributed by atoms with Crippen molar-refractivity contribution in [1.82, 2.24) is 5.32 Å². The number of hydrogen-bond donors (Lipinski definition) is 2. The second-order valence-corrected chi connectivity index (χ2v) is 6.09. The summed E-state index contributed by atoms with van der Waals surface area (Å²) in [5.74, 6) is 0.0460. The van der Waals surface area contributed by atoms with Crippen molar-refractivity contribution in [3.63, 3.8) is 0 Å². The molecule has 0 bridgehead atoms. The minimum atomic E-state index is -0.171. The number of carbonyl (C=O) groups excluding carboxylic acids is 1. The van der Waals surface area contributed by atoms with Crippen molar-refractivity contribution in [2.75, 3.05) is 0 Å². The fraction of sp³-hybridized carbons (Fsp3) is 0.500. The summed E-state index contributed by atoms with van der Waals surface area (Å²) >= 11 is 3.48. The van der Waals surface area contributed by atoms with Gasteiger partial charge < -0.3 is 11.1 Å². The number of nitrogens with two attached hydrogens (primary N) is 1. The van der Waals surface area contributed by atoms with Crippen molar-refractivity contribution in [3.05, 3.63) is 34.3 Å². The van der Waals surface area contributed by atoms with E-state index in [-0.39, 0.29) is 17.5 Å². The zero-order valence-corrected chi connectivity index (χ0v) is 12.2. The first-order chi connectivity index (χ1) is 8.52. The Labute approximate surface area is 116 Å². The molecule has 3 N–H and O–H groups in total. The van der Waals surface area contributed by atoms with Crippen LogP contribution in [0.4, 0.5) is 0 Å². The molecule has 0 radical (unpaired) electrons. The van der Waals surface area contributed by atoms with Crippen LogP contribution in [0.1, 0.15) is 38.2 Å². The third kappa shape index (κ3) is 2.93. The second-order valence-electron chi connectivity index (χ2n) is 5.18. The van der Waals surface area contributed by atoms with E-state index in [0.717, 1.165) is 23.7 Å². The van der Waals surface area contributed by atoms with Gasteiger partial charge in [-0.15, -0.1) is 0 Å². The molecule has 1 aliphatic rings. The van der Waals surface area contributed by atoms with Gasteiger partial charge in [-0.3, -0.25) is 4.79 Å². The van der Waals surface area contributed by atoms with Gasteiger partial charge in [0, 0.05) is 16.9 Å². The highest BCUT2D eigenvalue weighted by molar-refractivity contribution is 9.10. The maximum absolute atomic E-state index is 11.9. The molecule has 0 saturated heterocycles. The molecule has 1 unspecified atom stereocenters. The van der Waals surface area contributed by atoms with Gasteiger partial charge in [0.25, 0.3) is 0 Å². The molecule has 18 heavy (non-hydrogen) atoms. The SMILES string of the molecule is CC(N)CC(=O)NC1(c2cccc(Br)c2)CCC1. The topological polar surface area (TPSA) is 55.1 Å². The van der Waals surface area contributed by atoms with Gasteiger partial charge in [0.05, 0.1) is 5.54 Å². The Kier molecular flexibility index (Phi) is 4.07. The molecule has 0 aromatic heterocycles. The molecule has 1 saturated carbocycles. The molecule has 0 spiro atoms. The van der Waals surface area contributed by atoms with Crippen LogP contribution in [0, 0.1) is 0 Å². The van der Waals surface area contributed by atoms with E-state index >= 15 is 0 Å². The lowest BCUT2D eigenvalue weighted by Gasteiger charge is -2.43. The van der Waals surface area contributed by atoms with E-state index in [9.17, 15) is 4.79 Å². The Balaban J connectivity index is 2.14. The molecule has 98 valence electrons. The van der Waals surface area contributed by atoms with E-state index in [2.05, 4.69) is 33.4 Å². The van der Waals surface area contributed by atoms with E-state index in [1.54, 1.807) is 0 Å². The minimum Gasteiger partial charge on any atom is -0.347 e. The Morgan fingerprint density at radius 3 is 2.78 bits per heavy atom. The van der Waals surface area contributed by atoms with Crippen LogP contribution >= 0.6 is 15.9 Å². The Morgan fingerprint density at radius 2 is 2.28 bits per heavy atom. The summed E-state index contributed by atoms with van der Waals surface area (Å²) < 4.78 is 1.05. The van der Waals surface area contributed by atoms with Gasteiger partial charge in [-0.1, -0.05) is 28.1 Å². The van der Waals surface area contributed by atoms with Crippen LogP contribution in [0.3, 0.4) is 0 Å². The summed E-state index contributed by atoms with van der Waals surface area (Å²) in [5.41, 5.74) is 6.68. The molecule has 0 heterocycles. The number of rotatable bonds is 4. The van der Waals surface area contributed by atoms with E-state index in [1.165, 1.54) is 5.56 Å². The average molecular weight is 311 g/mol. The van der Waals surface area contributed by atoms with Gasteiger partial charge in [-0.2, -0.15) is 0 Å². The van der Waals surface area contributed by atoms with Crippen LogP contribution in [-0.4, -0.2) is 11.9 Å². The summed E-state index contributed by atoms with van der Waals surface area (Å²) in [7, 11) is 0. The highest BCUT2D eigenvalue weighted by Crippen LogP contribution is 2.41. The van der Waals surface area contributed by atoms with Crippen LogP contribution in [-0.2, 0) is 10.3 Å². The molecule has 1 atom stereocenters. The van der Waals surface area contributed by atoms with Gasteiger partial charge in [-0.05, 0) is 43.9 Å². The van der Waals surface area contributed by atoms with Crippen LogP contribution in [0.2, 0.25) is 0 Å². The van der Waals surface area contributed by atoms with E-state index in [0.29, 0.717) is 6.42 Å². The normalized spacial score (nSPS) is 18.8. The minimum absolute atomic E-state index is 0.0460. The van der Waals surface area contributed by atoms with Crippen molar-refractivity contribution < 1.29 is 4.79 Å². The molecular formula is C14H19BrN2O. The van der Waals surface area contributed by atoms with Gasteiger partial charge in [0.1, 0.15) is 0 Å². The number of hydrogen-bond acceptors (Lipinski definition) is 2. The molecule has 1 amide bonds. The Morgan fingerprint density at radius 1 is 1.56 bits per heavy atom. The molecule has 1 aliphatic carbocycles. The van der Waals surface area contributed by atoms with Crippen molar-refractivity contribution >= 4 is 21.8 Å². The van der Waals surface area contributed by atoms with Crippen LogP contribution in [0.25, 0.3) is 0 Å². The molecule has 2 rings (SSSR count). The van der Waals surface area contributed by atoms with Gasteiger partial charge in [0.15, 0.2) is 0 Å². The Bertz CT molecular complexity index is 441. The first-order valence-corrected chi connectivity index (χ1v) is 7.14. The first-order valence-electron chi connectivity index (χ1n) is 6.34. The van der Waals surface area contributed by atoms with Crippen molar-refractivity contribution in [2.45, 2.75) is 44.2 Å². The summed E-state index contributed by atoms with van der Waals surface area (Å²) in [6.45, 7) is 1.85. The maximum Gasteiger partial charge on any atom is 0.222 e. The summed E-state index contributed by atoms with van der Waals surface area (Å²) in [6, 6.07) is 8.09. The van der Waals surface area contributed by atoms with Gasteiger partial charge >= 0.3 is 0 Å². The summed E-state index contributed by atoms with van der Waals surface area (Å²) in [6.07, 6.45) is 3.56. The number of halogens is 1. The lowest BCUT2D eigenvalue weighted by Crippen LogP contribution is -2.51. The molecule has 1 aromatic rings. The fourth-order valence-corrected chi connectivity index (χ4v) is 2.81. The highest BCUT2D eigenvalue weighted by Gasteiger charge is 2.39. The average Bonchev–Trinajstić information content (AvgIpc) is 2.22. The number of nitrogens with one attached hydrogen (secondary N) is 1. The predicted molar refractivity (Wildman–Crippen MR) is 76.1 cm³/mol. The lowest BCUT2D eigenvalue weighted by molar-refractivity contribution is -0.124. The largest absolute Gasteiger partial charge is 0.347 e. The van der Waals surface area contributed by atoms with E-state index in [1.807, 2.05) is 19.1 Å². The molecule has 1 aromatic carbocycles. The van der Waals surface area contributed by atoms with Crippen LogP contribution in [0.5, 0.6) is 0 Å². The third-order valence-electron chi connectivity index (χ3n) is 3.47. The van der Waals surface area contributed by atoms with E-state index < -0.39 is 0 Å². The number of carbonyl (C=O) groups is 1.